The minimum absolute atomic E-state index is 0.576. The van der Waals surface area contributed by atoms with Crippen molar-refractivity contribution in [2.24, 2.45) is 5.92 Å². The lowest BCUT2D eigenvalue weighted by molar-refractivity contribution is 0.101. The fourth-order valence-corrected chi connectivity index (χ4v) is 1.33. The Bertz CT molecular complexity index is 275. The molecule has 0 bridgehead atoms. The van der Waals surface area contributed by atoms with Gasteiger partial charge in [-0.1, -0.05) is 19.1 Å². The SMILES string of the molecule is CC(C)COCCn1cc(CCCl)nn1. The first-order valence-electron chi connectivity index (χ1n) is 5.25. The van der Waals surface area contributed by atoms with Crippen molar-refractivity contribution in [1.29, 1.82) is 0 Å². The third-order valence-corrected chi connectivity index (χ3v) is 2.04. The highest BCUT2D eigenvalue weighted by Crippen LogP contribution is 1.97. The van der Waals surface area contributed by atoms with Crippen molar-refractivity contribution in [3.8, 4) is 0 Å². The number of aromatic nitrogens is 3. The summed E-state index contributed by atoms with van der Waals surface area (Å²) in [6.07, 6.45) is 2.69. The van der Waals surface area contributed by atoms with E-state index in [1.54, 1.807) is 4.68 Å². The Morgan fingerprint density at radius 1 is 1.53 bits per heavy atom. The van der Waals surface area contributed by atoms with Crippen LogP contribution in [0.15, 0.2) is 6.20 Å². The Kier molecular flexibility index (Phi) is 5.65. The molecule has 0 fully saturated rings. The molecule has 0 aliphatic heterocycles. The van der Waals surface area contributed by atoms with E-state index in [4.69, 9.17) is 16.3 Å². The topological polar surface area (TPSA) is 39.9 Å². The maximum Gasteiger partial charge on any atom is 0.0839 e. The van der Waals surface area contributed by atoms with Crippen LogP contribution in [0.3, 0.4) is 0 Å². The smallest absolute Gasteiger partial charge is 0.0839 e. The predicted octanol–water partition coefficient (Wildman–Crippen LogP) is 1.73. The van der Waals surface area contributed by atoms with Gasteiger partial charge < -0.3 is 4.74 Å². The van der Waals surface area contributed by atoms with Gasteiger partial charge in [0.15, 0.2) is 0 Å². The van der Waals surface area contributed by atoms with Crippen molar-refractivity contribution in [2.75, 3.05) is 19.1 Å². The zero-order valence-electron chi connectivity index (χ0n) is 9.32. The van der Waals surface area contributed by atoms with E-state index in [1.807, 2.05) is 6.20 Å². The minimum atomic E-state index is 0.576. The maximum atomic E-state index is 5.61. The molecule has 1 heterocycles. The van der Waals surface area contributed by atoms with Crippen molar-refractivity contribution >= 4 is 11.6 Å². The molecule has 0 aliphatic rings. The molecule has 5 heteroatoms. The standard InChI is InChI=1S/C10H18ClN3O/c1-9(2)8-15-6-5-14-7-10(3-4-11)12-13-14/h7,9H,3-6,8H2,1-2H3. The molecule has 0 amide bonds. The fourth-order valence-electron chi connectivity index (χ4n) is 1.14. The second kappa shape index (κ2) is 6.80. The van der Waals surface area contributed by atoms with Crippen LogP contribution in [-0.4, -0.2) is 34.1 Å². The molecule has 0 spiro atoms. The van der Waals surface area contributed by atoms with E-state index >= 15 is 0 Å². The van der Waals surface area contributed by atoms with E-state index in [1.165, 1.54) is 0 Å². The summed E-state index contributed by atoms with van der Waals surface area (Å²) in [5.74, 6) is 1.16. The fraction of sp³-hybridized carbons (Fsp3) is 0.800. The number of ether oxygens (including phenoxy) is 1. The van der Waals surface area contributed by atoms with Gasteiger partial charge in [-0.2, -0.15) is 0 Å². The van der Waals surface area contributed by atoms with E-state index in [0.717, 1.165) is 25.3 Å². The molecule has 0 saturated heterocycles. The van der Waals surface area contributed by atoms with Gasteiger partial charge in [-0.05, 0) is 5.92 Å². The van der Waals surface area contributed by atoms with Gasteiger partial charge in [0.2, 0.25) is 0 Å². The lowest BCUT2D eigenvalue weighted by Crippen LogP contribution is -2.09. The molecule has 0 unspecified atom stereocenters. The molecule has 4 nitrogen and oxygen atoms in total. The van der Waals surface area contributed by atoms with Gasteiger partial charge in [-0.25, -0.2) is 4.68 Å². The van der Waals surface area contributed by atoms with Crippen molar-refractivity contribution < 1.29 is 4.74 Å². The Labute approximate surface area is 95.6 Å². The first-order chi connectivity index (χ1) is 7.22. The molecule has 0 aliphatic carbocycles. The first kappa shape index (κ1) is 12.5. The number of aryl methyl sites for hydroxylation is 1. The average molecular weight is 232 g/mol. The summed E-state index contributed by atoms with van der Waals surface area (Å²) < 4.78 is 7.25. The molecule has 1 aromatic rings. The van der Waals surface area contributed by atoms with Gasteiger partial charge in [-0.15, -0.1) is 16.7 Å². The largest absolute Gasteiger partial charge is 0.379 e. The molecular weight excluding hydrogens is 214 g/mol. The number of hydrogen-bond donors (Lipinski definition) is 0. The summed E-state index contributed by atoms with van der Waals surface area (Å²) in [4.78, 5) is 0. The van der Waals surface area contributed by atoms with Crippen molar-refractivity contribution in [3.63, 3.8) is 0 Å². The third kappa shape index (κ3) is 5.14. The number of nitrogens with zero attached hydrogens (tertiary/aromatic N) is 3. The van der Waals surface area contributed by atoms with E-state index in [2.05, 4.69) is 24.2 Å². The molecule has 0 radical (unpaired) electrons. The molecule has 0 aromatic carbocycles. The van der Waals surface area contributed by atoms with Gasteiger partial charge in [0.1, 0.15) is 0 Å². The van der Waals surface area contributed by atoms with Crippen LogP contribution in [0.4, 0.5) is 0 Å². The molecule has 0 N–H and O–H groups in total. The second-order valence-corrected chi connectivity index (χ2v) is 4.26. The normalized spacial score (nSPS) is 11.2. The summed E-state index contributed by atoms with van der Waals surface area (Å²) in [6, 6.07) is 0. The molecule has 0 atom stereocenters. The summed E-state index contributed by atoms with van der Waals surface area (Å²) in [5.41, 5.74) is 0.939. The molecule has 0 saturated carbocycles. The monoisotopic (exact) mass is 231 g/mol. The van der Waals surface area contributed by atoms with Gasteiger partial charge >= 0.3 is 0 Å². The van der Waals surface area contributed by atoms with Crippen LogP contribution in [-0.2, 0) is 17.7 Å². The van der Waals surface area contributed by atoms with Crippen molar-refractivity contribution in [3.05, 3.63) is 11.9 Å². The molecule has 1 rings (SSSR count). The second-order valence-electron chi connectivity index (χ2n) is 3.88. The van der Waals surface area contributed by atoms with E-state index in [9.17, 15) is 0 Å². The van der Waals surface area contributed by atoms with Crippen molar-refractivity contribution in [1.82, 2.24) is 15.0 Å². The zero-order chi connectivity index (χ0) is 11.1. The zero-order valence-corrected chi connectivity index (χ0v) is 10.1. The Hall–Kier alpha value is -0.610. The Morgan fingerprint density at radius 2 is 2.33 bits per heavy atom. The van der Waals surface area contributed by atoms with Gasteiger partial charge in [0.25, 0.3) is 0 Å². The van der Waals surface area contributed by atoms with Gasteiger partial charge in [0.05, 0.1) is 18.8 Å². The summed E-state index contributed by atoms with van der Waals surface area (Å²) in [6.45, 7) is 6.50. The first-order valence-corrected chi connectivity index (χ1v) is 5.78. The minimum Gasteiger partial charge on any atom is -0.379 e. The van der Waals surface area contributed by atoms with Crippen LogP contribution < -0.4 is 0 Å². The van der Waals surface area contributed by atoms with Gasteiger partial charge in [0, 0.05) is 25.1 Å². The highest BCUT2D eigenvalue weighted by molar-refractivity contribution is 6.17. The van der Waals surface area contributed by atoms with Crippen LogP contribution in [0.25, 0.3) is 0 Å². The average Bonchev–Trinajstić information content (AvgIpc) is 2.61. The van der Waals surface area contributed by atoms with E-state index in [-0.39, 0.29) is 0 Å². The predicted molar refractivity (Wildman–Crippen MR) is 60.1 cm³/mol. The van der Waals surface area contributed by atoms with Gasteiger partial charge in [-0.3, -0.25) is 0 Å². The molecule has 15 heavy (non-hydrogen) atoms. The number of alkyl halides is 1. The quantitative estimate of drug-likeness (QED) is 0.530. The van der Waals surface area contributed by atoms with Crippen LogP contribution in [0.2, 0.25) is 0 Å². The Morgan fingerprint density at radius 3 is 3.00 bits per heavy atom. The molecule has 1 aromatic heterocycles. The van der Waals surface area contributed by atoms with Crippen molar-refractivity contribution in [2.45, 2.75) is 26.8 Å². The number of hydrogen-bond acceptors (Lipinski definition) is 3. The summed E-state index contributed by atoms with van der Waals surface area (Å²) in [7, 11) is 0. The van der Waals surface area contributed by atoms with Crippen LogP contribution in [0.5, 0.6) is 0 Å². The number of rotatable bonds is 7. The van der Waals surface area contributed by atoms with Crippen LogP contribution in [0.1, 0.15) is 19.5 Å². The van der Waals surface area contributed by atoms with Crippen LogP contribution in [0, 0.1) is 5.92 Å². The third-order valence-electron chi connectivity index (χ3n) is 1.85. The highest BCUT2D eigenvalue weighted by Gasteiger charge is 2.00. The molecule has 86 valence electrons. The Balaban J connectivity index is 2.19. The molecular formula is C10H18ClN3O. The van der Waals surface area contributed by atoms with E-state index in [0.29, 0.717) is 18.4 Å². The summed E-state index contributed by atoms with van der Waals surface area (Å²) in [5, 5.41) is 7.97. The van der Waals surface area contributed by atoms with Crippen LogP contribution >= 0.6 is 11.6 Å². The number of halogens is 1. The van der Waals surface area contributed by atoms with E-state index < -0.39 is 0 Å². The lowest BCUT2D eigenvalue weighted by atomic mass is 10.2. The highest BCUT2D eigenvalue weighted by atomic mass is 35.5. The summed E-state index contributed by atoms with van der Waals surface area (Å²) >= 11 is 5.61. The lowest BCUT2D eigenvalue weighted by Gasteiger charge is -2.05. The maximum absolute atomic E-state index is 5.61.